The largest absolute Gasteiger partial charge is 0.308 e. The minimum atomic E-state index is -0.0510. The van der Waals surface area contributed by atoms with Crippen LogP contribution >= 0.6 is 0 Å². The Morgan fingerprint density at radius 2 is 0.652 bits per heavy atom. The lowest BCUT2D eigenvalue weighted by atomic mass is 9.81. The highest BCUT2D eigenvalue weighted by molar-refractivity contribution is 6.27. The number of nitrogens with zero attached hydrogens (tertiary/aromatic N) is 1. The van der Waals surface area contributed by atoms with Crippen molar-refractivity contribution in [3.63, 3.8) is 0 Å². The second-order valence-corrected chi connectivity index (χ2v) is 20.9. The maximum atomic E-state index is 2.57. The number of hydrogen-bond donors (Lipinski definition) is 0. The topological polar surface area (TPSA) is 4.41 Å². The van der Waals surface area contributed by atoms with Gasteiger partial charge in [-0.05, 0) is 171 Å². The molecule has 0 unspecified atom stereocenters. The third-order valence-corrected chi connectivity index (χ3v) is 16.5. The van der Waals surface area contributed by atoms with E-state index in [-0.39, 0.29) is 10.8 Å². The van der Waals surface area contributed by atoms with Gasteiger partial charge in [0.05, 0.1) is 16.6 Å². The molecule has 15 rings (SSSR count). The monoisotopic (exact) mass is 877 g/mol. The first kappa shape index (κ1) is 38.8. The summed E-state index contributed by atoms with van der Waals surface area (Å²) in [5, 5.41) is 10.2. The van der Waals surface area contributed by atoms with Crippen molar-refractivity contribution in [2.45, 2.75) is 38.5 Å². The molecule has 0 radical (unpaired) electrons. The van der Waals surface area contributed by atoms with Crippen LogP contribution in [0.3, 0.4) is 0 Å². The molecule has 0 aliphatic heterocycles. The number of rotatable bonds is 4. The predicted octanol–water partition coefficient (Wildman–Crippen LogP) is 18.4. The molecule has 2 aromatic heterocycles. The first-order valence-corrected chi connectivity index (χ1v) is 24.5. The van der Waals surface area contributed by atoms with Gasteiger partial charge in [0, 0.05) is 32.4 Å². The normalized spacial score (nSPS) is 14.3. The van der Waals surface area contributed by atoms with Gasteiger partial charge in [-0.3, -0.25) is 0 Å². The van der Waals surface area contributed by atoms with Gasteiger partial charge in [-0.1, -0.05) is 179 Å². The Balaban J connectivity index is 0.923. The van der Waals surface area contributed by atoms with Crippen molar-refractivity contribution in [2.24, 2.45) is 0 Å². The third kappa shape index (κ3) is 5.42. The molecule has 1 heteroatoms. The molecule has 324 valence electrons. The highest BCUT2D eigenvalue weighted by atomic mass is 14.9. The van der Waals surface area contributed by atoms with E-state index in [1.165, 1.54) is 149 Å². The van der Waals surface area contributed by atoms with Gasteiger partial charge in [0.1, 0.15) is 0 Å². The molecule has 2 heterocycles. The molecule has 0 spiro atoms. The van der Waals surface area contributed by atoms with Crippen molar-refractivity contribution >= 4 is 59.6 Å². The molecule has 2 aliphatic carbocycles. The van der Waals surface area contributed by atoms with Crippen molar-refractivity contribution in [1.82, 2.24) is 4.40 Å². The number of fused-ring (bicyclic) bond motifs is 14. The average molecular weight is 878 g/mol. The standard InChI is InChI=1S/C68H47N/c1-67(2)60-16-10-8-14-52(60)54-28-26-47(36-62(54)67)43-22-24-45-32-56-58-34-51(42-20-18-41(19-21-42)40-12-6-5-7-13-40)35-59-57-33-46-25-23-44(31-50(46)39-65(57)69(66(58)59)64(56)38-49(45)30-43)48-27-29-55-53-15-9-11-17-61(53)68(3,4)63(55)37-48/h5-39H,1-4H3. The smallest absolute Gasteiger partial charge is 0.0620 e. The Hall–Kier alpha value is -8.26. The van der Waals surface area contributed by atoms with Crippen molar-refractivity contribution < 1.29 is 0 Å². The lowest BCUT2D eigenvalue weighted by molar-refractivity contribution is 0.660. The van der Waals surface area contributed by atoms with Crippen LogP contribution in [0.1, 0.15) is 49.9 Å². The molecule has 11 aromatic carbocycles. The van der Waals surface area contributed by atoms with Crippen LogP contribution in [-0.2, 0) is 10.8 Å². The second-order valence-electron chi connectivity index (χ2n) is 20.9. The molecule has 1 nitrogen and oxygen atoms in total. The van der Waals surface area contributed by atoms with Gasteiger partial charge in [0.25, 0.3) is 0 Å². The van der Waals surface area contributed by atoms with Crippen LogP contribution in [0.5, 0.6) is 0 Å². The fourth-order valence-electron chi connectivity index (χ4n) is 12.8. The average Bonchev–Trinajstić information content (AvgIpc) is 4.04. The van der Waals surface area contributed by atoms with Gasteiger partial charge in [-0.15, -0.1) is 0 Å². The summed E-state index contributed by atoms with van der Waals surface area (Å²) in [4.78, 5) is 0. The van der Waals surface area contributed by atoms with E-state index < -0.39 is 0 Å². The van der Waals surface area contributed by atoms with Gasteiger partial charge in [-0.2, -0.15) is 0 Å². The van der Waals surface area contributed by atoms with Crippen LogP contribution in [0.2, 0.25) is 0 Å². The highest BCUT2D eigenvalue weighted by Crippen LogP contribution is 2.52. The zero-order chi connectivity index (χ0) is 45.9. The molecule has 0 N–H and O–H groups in total. The molecule has 0 fully saturated rings. The van der Waals surface area contributed by atoms with Crippen LogP contribution in [0, 0.1) is 0 Å². The minimum absolute atomic E-state index is 0.0510. The van der Waals surface area contributed by atoms with Gasteiger partial charge in [0.15, 0.2) is 0 Å². The first-order valence-electron chi connectivity index (χ1n) is 24.5. The van der Waals surface area contributed by atoms with E-state index in [1.807, 2.05) is 0 Å². The molecule has 69 heavy (non-hydrogen) atoms. The summed E-state index contributed by atoms with van der Waals surface area (Å²) in [7, 11) is 0. The van der Waals surface area contributed by atoms with Crippen molar-refractivity contribution in [3.05, 3.63) is 235 Å². The number of hydrogen-bond acceptors (Lipinski definition) is 0. The highest BCUT2D eigenvalue weighted by Gasteiger charge is 2.36. The summed E-state index contributed by atoms with van der Waals surface area (Å²) in [6.45, 7) is 9.47. The van der Waals surface area contributed by atoms with E-state index in [9.17, 15) is 0 Å². The second kappa shape index (κ2) is 13.7. The van der Waals surface area contributed by atoms with Crippen molar-refractivity contribution in [2.75, 3.05) is 0 Å². The van der Waals surface area contributed by atoms with Gasteiger partial charge >= 0.3 is 0 Å². The fourth-order valence-corrected chi connectivity index (χ4v) is 12.8. The van der Waals surface area contributed by atoms with E-state index in [2.05, 4.69) is 244 Å². The molecular weight excluding hydrogens is 831 g/mol. The molecule has 0 saturated heterocycles. The van der Waals surface area contributed by atoms with E-state index >= 15 is 0 Å². The van der Waals surface area contributed by atoms with Crippen LogP contribution in [0.25, 0.3) is 126 Å². The summed E-state index contributed by atoms with van der Waals surface area (Å²) in [6, 6.07) is 80.7. The maximum absolute atomic E-state index is 2.57. The van der Waals surface area contributed by atoms with E-state index in [0.29, 0.717) is 0 Å². The Kier molecular flexibility index (Phi) is 7.70. The predicted molar refractivity (Wildman–Crippen MR) is 293 cm³/mol. The van der Waals surface area contributed by atoms with E-state index in [4.69, 9.17) is 0 Å². The molecule has 0 amide bonds. The summed E-state index contributed by atoms with van der Waals surface area (Å²) in [5.41, 5.74) is 24.6. The molecular formula is C68H47N. The first-order chi connectivity index (χ1) is 33.7. The Bertz CT molecular complexity index is 4100. The Morgan fingerprint density at radius 3 is 1.16 bits per heavy atom. The zero-order valence-electron chi connectivity index (χ0n) is 39.2. The molecule has 13 aromatic rings. The fraction of sp³-hybridized carbons (Fsp3) is 0.0882. The van der Waals surface area contributed by atoms with Crippen LogP contribution in [-0.4, -0.2) is 4.40 Å². The summed E-state index contributed by atoms with van der Waals surface area (Å²) in [6.07, 6.45) is 0. The molecule has 0 saturated carbocycles. The summed E-state index contributed by atoms with van der Waals surface area (Å²) >= 11 is 0. The molecule has 0 atom stereocenters. The Labute approximate surface area is 401 Å². The van der Waals surface area contributed by atoms with E-state index in [0.717, 1.165) is 0 Å². The van der Waals surface area contributed by atoms with Crippen LogP contribution in [0.15, 0.2) is 212 Å². The Morgan fingerprint density at radius 1 is 0.261 bits per heavy atom. The lowest BCUT2D eigenvalue weighted by Crippen LogP contribution is -2.14. The maximum Gasteiger partial charge on any atom is 0.0620 e. The third-order valence-electron chi connectivity index (χ3n) is 16.5. The van der Waals surface area contributed by atoms with Crippen molar-refractivity contribution in [3.8, 4) is 66.8 Å². The number of aromatic nitrogens is 1. The van der Waals surface area contributed by atoms with Gasteiger partial charge < -0.3 is 4.40 Å². The van der Waals surface area contributed by atoms with Crippen molar-refractivity contribution in [1.29, 1.82) is 0 Å². The quantitative estimate of drug-likeness (QED) is 0.166. The summed E-state index contributed by atoms with van der Waals surface area (Å²) < 4.78 is 2.57. The molecule has 2 aliphatic rings. The van der Waals surface area contributed by atoms with Crippen LogP contribution in [0.4, 0.5) is 0 Å². The van der Waals surface area contributed by atoms with E-state index in [1.54, 1.807) is 0 Å². The number of benzene rings is 11. The molecule has 0 bridgehead atoms. The van der Waals surface area contributed by atoms with Gasteiger partial charge in [0.2, 0.25) is 0 Å². The van der Waals surface area contributed by atoms with Crippen LogP contribution < -0.4 is 0 Å². The lowest BCUT2D eigenvalue weighted by Gasteiger charge is -2.22. The van der Waals surface area contributed by atoms with Gasteiger partial charge in [-0.25, -0.2) is 0 Å². The SMILES string of the molecule is CC1(C)c2ccccc2-c2ccc(-c3ccc4cc5c6cc(-c7ccc(-c8ccccc8)cc7)cc7c8cc9ccc(-c%10ccc%11c(c%10)C(C)(C)c%10ccccc%10-%11)cc9cc8n(c5cc4c3)c67)cc21. The zero-order valence-corrected chi connectivity index (χ0v) is 39.2. The summed E-state index contributed by atoms with van der Waals surface area (Å²) in [5.74, 6) is 0. The minimum Gasteiger partial charge on any atom is -0.308 e.